The third-order valence-corrected chi connectivity index (χ3v) is 14.7. The van der Waals surface area contributed by atoms with E-state index in [9.17, 15) is 4.79 Å². The molecule has 7 aromatic rings. The fraction of sp³-hybridized carbons (Fsp3) is 0.317. The van der Waals surface area contributed by atoms with Crippen LogP contribution in [0.25, 0.3) is 11.1 Å². The first kappa shape index (κ1) is 45.5. The van der Waals surface area contributed by atoms with Crippen LogP contribution in [0.15, 0.2) is 140 Å². The molecule has 0 N–H and O–H groups in total. The van der Waals surface area contributed by atoms with Crippen LogP contribution in [0, 0.1) is 0 Å². The van der Waals surface area contributed by atoms with Gasteiger partial charge in [0.15, 0.2) is 0 Å². The van der Waals surface area contributed by atoms with Gasteiger partial charge in [0, 0.05) is 34.1 Å². The Morgan fingerprint density at radius 1 is 0.485 bits per heavy atom. The van der Waals surface area contributed by atoms with Crippen molar-refractivity contribution < 1.29 is 9.53 Å². The zero-order chi connectivity index (χ0) is 48.1. The maximum atomic E-state index is 14.9. The molecular formula is C63H67BN2O2. The Hall–Kier alpha value is -6.33. The number of hydrogen-bond donors (Lipinski definition) is 0. The number of aryl methyl sites for hydroxylation is 2. The Balaban J connectivity index is 1.33. The van der Waals surface area contributed by atoms with Gasteiger partial charge in [-0.2, -0.15) is 0 Å². The van der Waals surface area contributed by atoms with E-state index in [2.05, 4.69) is 202 Å². The van der Waals surface area contributed by atoms with E-state index >= 15 is 0 Å². The van der Waals surface area contributed by atoms with E-state index in [0.29, 0.717) is 5.56 Å². The first-order chi connectivity index (χ1) is 32.1. The normalized spacial score (nSPS) is 14.3. The van der Waals surface area contributed by atoms with Crippen LogP contribution >= 0.6 is 0 Å². The highest BCUT2D eigenvalue weighted by molar-refractivity contribution is 7.00. The van der Waals surface area contributed by atoms with Crippen molar-refractivity contribution in [1.29, 1.82) is 0 Å². The highest BCUT2D eigenvalue weighted by atomic mass is 16.5. The molecule has 2 heterocycles. The molecule has 2 aliphatic heterocycles. The van der Waals surface area contributed by atoms with Gasteiger partial charge in [-0.25, -0.2) is 4.79 Å². The molecule has 0 amide bonds. The van der Waals surface area contributed by atoms with Gasteiger partial charge in [-0.05, 0) is 156 Å². The second-order valence-electron chi connectivity index (χ2n) is 23.8. The zero-order valence-electron chi connectivity index (χ0n) is 42.4. The molecule has 344 valence electrons. The summed E-state index contributed by atoms with van der Waals surface area (Å²) >= 11 is 0. The number of rotatable bonds is 6. The van der Waals surface area contributed by atoms with E-state index in [0.717, 1.165) is 53.3 Å². The van der Waals surface area contributed by atoms with Crippen LogP contribution in [0.1, 0.15) is 139 Å². The molecule has 0 saturated carbocycles. The lowest BCUT2D eigenvalue weighted by Gasteiger charge is -2.45. The summed E-state index contributed by atoms with van der Waals surface area (Å²) in [5, 5.41) is 0. The molecule has 7 aromatic carbocycles. The second kappa shape index (κ2) is 16.4. The Labute approximate surface area is 406 Å². The number of carbonyl (C=O) groups is 1. The van der Waals surface area contributed by atoms with Crippen molar-refractivity contribution in [3.63, 3.8) is 0 Å². The average Bonchev–Trinajstić information content (AvgIpc) is 3.76. The molecule has 0 bridgehead atoms. The monoisotopic (exact) mass is 895 g/mol. The maximum absolute atomic E-state index is 14.9. The molecular weight excluding hydrogens is 828 g/mol. The molecule has 5 heteroatoms. The van der Waals surface area contributed by atoms with Crippen molar-refractivity contribution in [2.24, 2.45) is 0 Å². The van der Waals surface area contributed by atoms with E-state index in [1.165, 1.54) is 66.6 Å². The number of fused-ring (bicyclic) bond motifs is 5. The smallest absolute Gasteiger partial charge is 0.338 e. The minimum Gasteiger partial charge on any atom is -0.457 e. The van der Waals surface area contributed by atoms with Gasteiger partial charge in [-0.1, -0.05) is 174 Å². The predicted octanol–water partition coefficient (Wildman–Crippen LogP) is 14.5. The molecule has 68 heavy (non-hydrogen) atoms. The van der Waals surface area contributed by atoms with Gasteiger partial charge in [-0.15, -0.1) is 0 Å². The third-order valence-electron chi connectivity index (χ3n) is 14.7. The van der Waals surface area contributed by atoms with E-state index < -0.39 is 0 Å². The molecule has 0 radical (unpaired) electrons. The molecule has 1 aliphatic carbocycles. The number of hydrogen-bond acceptors (Lipinski definition) is 4. The Morgan fingerprint density at radius 2 is 0.956 bits per heavy atom. The lowest BCUT2D eigenvalue weighted by Crippen LogP contribution is -2.61. The van der Waals surface area contributed by atoms with E-state index in [1.54, 1.807) is 0 Å². The summed E-state index contributed by atoms with van der Waals surface area (Å²) in [6.45, 7) is 27.8. The number of benzene rings is 7. The number of ether oxygens (including phenoxy) is 1. The second-order valence-corrected chi connectivity index (χ2v) is 23.8. The van der Waals surface area contributed by atoms with Gasteiger partial charge < -0.3 is 14.5 Å². The minimum atomic E-state index is -0.341. The highest BCUT2D eigenvalue weighted by Crippen LogP contribution is 2.48. The number of nitrogens with zero attached hydrogens (tertiary/aromatic N) is 2. The van der Waals surface area contributed by atoms with Crippen LogP contribution in [-0.4, -0.2) is 12.7 Å². The van der Waals surface area contributed by atoms with Gasteiger partial charge in [0.25, 0.3) is 6.71 Å². The molecule has 0 atom stereocenters. The van der Waals surface area contributed by atoms with Crippen molar-refractivity contribution in [2.75, 3.05) is 9.80 Å². The fourth-order valence-corrected chi connectivity index (χ4v) is 10.6. The van der Waals surface area contributed by atoms with E-state index in [-0.39, 0.29) is 40.9 Å². The van der Waals surface area contributed by atoms with Gasteiger partial charge in [0.2, 0.25) is 0 Å². The quantitative estimate of drug-likeness (QED) is 0.123. The van der Waals surface area contributed by atoms with Crippen LogP contribution < -0.4 is 26.2 Å². The van der Waals surface area contributed by atoms with Crippen molar-refractivity contribution in [2.45, 2.75) is 131 Å². The summed E-state index contributed by atoms with van der Waals surface area (Å²) in [5.74, 6) is -0.341. The minimum absolute atomic E-state index is 0.107. The Kier molecular flexibility index (Phi) is 11.0. The summed E-state index contributed by atoms with van der Waals surface area (Å²) in [6, 6.07) is 51.6. The van der Waals surface area contributed by atoms with Gasteiger partial charge >= 0.3 is 5.97 Å². The van der Waals surface area contributed by atoms with Gasteiger partial charge in [0.05, 0.1) is 5.56 Å². The van der Waals surface area contributed by atoms with Gasteiger partial charge in [0.1, 0.15) is 6.61 Å². The number of carbonyl (C=O) groups excluding carboxylic acids is 1. The van der Waals surface area contributed by atoms with Crippen LogP contribution in [-0.2, 0) is 45.8 Å². The topological polar surface area (TPSA) is 32.8 Å². The lowest BCUT2D eigenvalue weighted by molar-refractivity contribution is 0.0473. The molecule has 0 saturated heterocycles. The van der Waals surface area contributed by atoms with Crippen LogP contribution in [0.3, 0.4) is 0 Å². The Bertz CT molecular complexity index is 3040. The number of esters is 1. The van der Waals surface area contributed by atoms with E-state index in [4.69, 9.17) is 4.74 Å². The fourth-order valence-electron chi connectivity index (χ4n) is 10.6. The molecule has 0 fully saturated rings. The molecule has 10 rings (SSSR count). The summed E-state index contributed by atoms with van der Waals surface area (Å²) < 4.78 is 6.27. The van der Waals surface area contributed by atoms with Crippen molar-refractivity contribution >= 4 is 63.2 Å². The average molecular weight is 895 g/mol. The highest BCUT2D eigenvalue weighted by Gasteiger charge is 2.45. The predicted molar refractivity (Wildman–Crippen MR) is 288 cm³/mol. The summed E-state index contributed by atoms with van der Waals surface area (Å²) in [4.78, 5) is 19.9. The molecule has 0 unspecified atom stereocenters. The van der Waals surface area contributed by atoms with Gasteiger partial charge in [-0.3, -0.25) is 0 Å². The third kappa shape index (κ3) is 8.26. The lowest BCUT2D eigenvalue weighted by atomic mass is 9.33. The maximum Gasteiger partial charge on any atom is 0.338 e. The zero-order valence-corrected chi connectivity index (χ0v) is 42.4. The Morgan fingerprint density at radius 3 is 1.47 bits per heavy atom. The SMILES string of the molecule is CC(C)(C)c1cc(N2c3ccc(-c4ccccc4)cc3B3c4cc5c(cc4N(c4cc(C(C)(C)C)cc(C(C)(C)C)c4)c4cc(C(=O)OCc6ccccc6)cc2c43)CCC5)cc(C(C)(C)C)c1. The standard InChI is InChI=1S/C63H67BN2O2/c1-60(2,3)46-33-47(61(4,5)6)36-50(35-46)65-54-27-26-44(41-22-17-14-18-23-41)29-52(54)64-53-28-42-24-19-25-43(42)30-55(53)66(51-37-48(62(7,8)9)34-49(38-51)63(10,11)12)57-32-45(31-56(65)58(57)64)59(67)68-39-40-20-15-13-16-21-40/h13-18,20-23,26-38H,19,24-25,39H2,1-12H3. The largest absolute Gasteiger partial charge is 0.457 e. The molecule has 0 spiro atoms. The number of anilines is 6. The summed E-state index contributed by atoms with van der Waals surface area (Å²) in [5.41, 5.74) is 21.7. The van der Waals surface area contributed by atoms with Crippen molar-refractivity contribution in [1.82, 2.24) is 0 Å². The molecule has 4 nitrogen and oxygen atoms in total. The summed E-state index contributed by atoms with van der Waals surface area (Å²) in [7, 11) is 0. The van der Waals surface area contributed by atoms with Crippen LogP contribution in [0.4, 0.5) is 34.1 Å². The summed E-state index contributed by atoms with van der Waals surface area (Å²) in [6.07, 6.45) is 3.28. The van der Waals surface area contributed by atoms with Crippen molar-refractivity contribution in [3.05, 3.63) is 184 Å². The van der Waals surface area contributed by atoms with Crippen LogP contribution in [0.2, 0.25) is 0 Å². The first-order valence-electron chi connectivity index (χ1n) is 24.8. The van der Waals surface area contributed by atoms with Crippen LogP contribution in [0.5, 0.6) is 0 Å². The molecule has 3 aliphatic rings. The van der Waals surface area contributed by atoms with Crippen molar-refractivity contribution in [3.8, 4) is 11.1 Å². The first-order valence-corrected chi connectivity index (χ1v) is 24.8. The molecule has 0 aromatic heterocycles. The van der Waals surface area contributed by atoms with E-state index in [1.807, 2.05) is 30.3 Å².